The highest BCUT2D eigenvalue weighted by Gasteiger charge is 2.31. The van der Waals surface area contributed by atoms with E-state index in [1.165, 1.54) is 42.5 Å². The molecule has 0 radical (unpaired) electrons. The molecule has 3 aromatic carbocycles. The minimum absolute atomic E-state index is 0.0135. The van der Waals surface area contributed by atoms with Crippen molar-refractivity contribution in [3.05, 3.63) is 95.2 Å². The van der Waals surface area contributed by atoms with Gasteiger partial charge in [-0.1, -0.05) is 36.4 Å². The van der Waals surface area contributed by atoms with Crippen LogP contribution in [0, 0.1) is 0 Å². The normalized spacial score (nSPS) is 14.0. The van der Waals surface area contributed by atoms with Gasteiger partial charge in [0.15, 0.2) is 0 Å². The van der Waals surface area contributed by atoms with Gasteiger partial charge in [-0.15, -0.1) is 0 Å². The van der Waals surface area contributed by atoms with Crippen molar-refractivity contribution in [2.24, 2.45) is 6.98 Å². The number of carboxylic acids is 1. The van der Waals surface area contributed by atoms with Gasteiger partial charge in [-0.05, 0) is 48.9 Å². The molecule has 0 aliphatic rings. The molecular weight excluding hydrogens is 459 g/mol. The number of aromatic nitrogens is 1. The smallest absolute Gasteiger partial charge is 0.416 e. The molecular formula is C26H22F3N3O3. The molecule has 0 aliphatic heterocycles. The monoisotopic (exact) mass is 484 g/mol. The summed E-state index contributed by atoms with van der Waals surface area (Å²) < 4.78 is 65.0. The molecule has 1 heterocycles. The third-order valence-electron chi connectivity index (χ3n) is 5.55. The van der Waals surface area contributed by atoms with Gasteiger partial charge in [-0.3, -0.25) is 4.79 Å². The molecule has 0 saturated carbocycles. The third-order valence-corrected chi connectivity index (χ3v) is 5.55. The fourth-order valence-corrected chi connectivity index (χ4v) is 3.76. The zero-order chi connectivity index (χ0) is 27.8. The SMILES string of the molecule is [2H]C([2H])([2H])n1c(C(=O)N[C@@H](C)c2ccc(C(=O)O)cc2)c(Nc2cccc(C(F)(F)F)c2)c2ccccc21. The Kier molecular flexibility index (Phi) is 5.28. The van der Waals surface area contributed by atoms with E-state index >= 15 is 0 Å². The van der Waals surface area contributed by atoms with E-state index in [1.807, 2.05) is 0 Å². The highest BCUT2D eigenvalue weighted by atomic mass is 19.4. The van der Waals surface area contributed by atoms with Crippen LogP contribution in [-0.2, 0) is 13.2 Å². The number of anilines is 2. The van der Waals surface area contributed by atoms with E-state index < -0.39 is 36.6 Å². The van der Waals surface area contributed by atoms with E-state index in [2.05, 4.69) is 10.6 Å². The van der Waals surface area contributed by atoms with Crippen molar-refractivity contribution in [2.45, 2.75) is 19.1 Å². The first-order chi connectivity index (χ1) is 17.8. The van der Waals surface area contributed by atoms with Crippen LogP contribution in [0.3, 0.4) is 0 Å². The summed E-state index contributed by atoms with van der Waals surface area (Å²) in [5.41, 5.74) is -0.356. The summed E-state index contributed by atoms with van der Waals surface area (Å²) in [6, 6.07) is 15.8. The van der Waals surface area contributed by atoms with Gasteiger partial charge < -0.3 is 20.3 Å². The molecule has 0 saturated heterocycles. The van der Waals surface area contributed by atoms with Crippen molar-refractivity contribution in [3.63, 3.8) is 0 Å². The predicted octanol–water partition coefficient (Wildman–Crippen LogP) is 6.13. The minimum Gasteiger partial charge on any atom is -0.478 e. The van der Waals surface area contributed by atoms with E-state index in [0.717, 1.165) is 16.7 Å². The number of benzene rings is 3. The number of para-hydroxylation sites is 1. The molecule has 1 amide bonds. The molecule has 4 aromatic rings. The van der Waals surface area contributed by atoms with Gasteiger partial charge in [-0.25, -0.2) is 4.79 Å². The second kappa shape index (κ2) is 9.17. The van der Waals surface area contributed by atoms with Gasteiger partial charge in [0.2, 0.25) is 0 Å². The van der Waals surface area contributed by atoms with Crippen LogP contribution in [0.15, 0.2) is 72.8 Å². The lowest BCUT2D eigenvalue weighted by Crippen LogP contribution is -2.29. The predicted molar refractivity (Wildman–Crippen MR) is 127 cm³/mol. The first-order valence-corrected chi connectivity index (χ1v) is 10.5. The van der Waals surface area contributed by atoms with Crippen molar-refractivity contribution in [2.75, 3.05) is 5.32 Å². The number of carboxylic acid groups (broad SMARTS) is 1. The summed E-state index contributed by atoms with van der Waals surface area (Å²) in [5, 5.41) is 15.0. The molecule has 3 N–H and O–H groups in total. The molecule has 4 rings (SSSR count). The Morgan fingerprint density at radius 3 is 2.40 bits per heavy atom. The lowest BCUT2D eigenvalue weighted by Gasteiger charge is -2.17. The molecule has 0 aliphatic carbocycles. The van der Waals surface area contributed by atoms with Crippen LogP contribution in [0.1, 0.15) is 49.1 Å². The molecule has 0 bridgehead atoms. The largest absolute Gasteiger partial charge is 0.478 e. The van der Waals surface area contributed by atoms with Gasteiger partial charge in [0.05, 0.1) is 28.4 Å². The van der Waals surface area contributed by atoms with Gasteiger partial charge in [0.25, 0.3) is 5.91 Å². The van der Waals surface area contributed by atoms with Crippen LogP contribution < -0.4 is 10.6 Å². The minimum atomic E-state index is -4.60. The van der Waals surface area contributed by atoms with Crippen LogP contribution >= 0.6 is 0 Å². The number of nitrogens with one attached hydrogen (secondary N) is 2. The quantitative estimate of drug-likeness (QED) is 0.307. The summed E-state index contributed by atoms with van der Waals surface area (Å²) in [6.45, 7) is -1.16. The standard InChI is InChI=1S/C26H22F3N3O3/c1-15(16-10-12-17(13-11-16)25(34)35)30-24(33)23-22(20-8-3-4-9-21(20)32(23)2)31-19-7-5-6-18(14-19)26(27,28)29/h3-15,31H,1-2H3,(H,30,33)(H,34,35)/t15-/m0/s1/i2D3. The molecule has 35 heavy (non-hydrogen) atoms. The van der Waals surface area contributed by atoms with Crippen LogP contribution in [0.2, 0.25) is 0 Å². The Labute approximate surface area is 203 Å². The Bertz CT molecular complexity index is 1510. The molecule has 180 valence electrons. The number of carbonyl (C=O) groups is 2. The van der Waals surface area contributed by atoms with Crippen molar-refractivity contribution in [1.29, 1.82) is 0 Å². The van der Waals surface area contributed by atoms with Crippen LogP contribution in [0.4, 0.5) is 24.5 Å². The topological polar surface area (TPSA) is 83.4 Å². The molecule has 1 atom stereocenters. The lowest BCUT2D eigenvalue weighted by molar-refractivity contribution is -0.137. The van der Waals surface area contributed by atoms with E-state index in [-0.39, 0.29) is 28.1 Å². The number of alkyl halides is 3. The maximum Gasteiger partial charge on any atom is 0.416 e. The second-order valence-electron chi connectivity index (χ2n) is 7.90. The first-order valence-electron chi connectivity index (χ1n) is 12.0. The molecule has 0 fully saturated rings. The Morgan fingerprint density at radius 2 is 1.74 bits per heavy atom. The second-order valence-corrected chi connectivity index (χ2v) is 7.90. The average molecular weight is 484 g/mol. The van der Waals surface area contributed by atoms with Crippen molar-refractivity contribution in [3.8, 4) is 0 Å². The maximum atomic E-state index is 13.6. The van der Waals surface area contributed by atoms with Crippen molar-refractivity contribution in [1.82, 2.24) is 9.88 Å². The van der Waals surface area contributed by atoms with Crippen molar-refractivity contribution >= 4 is 34.2 Å². The molecule has 0 spiro atoms. The molecule has 0 unspecified atom stereocenters. The molecule has 1 aromatic heterocycles. The highest BCUT2D eigenvalue weighted by molar-refractivity contribution is 6.09. The number of aryl methyl sites for hydroxylation is 1. The highest BCUT2D eigenvalue weighted by Crippen LogP contribution is 2.35. The third kappa shape index (κ3) is 4.84. The lowest BCUT2D eigenvalue weighted by atomic mass is 10.1. The zero-order valence-electron chi connectivity index (χ0n) is 21.4. The van der Waals surface area contributed by atoms with Gasteiger partial charge in [0, 0.05) is 22.2 Å². The Hall–Kier alpha value is -4.27. The molecule has 6 nitrogen and oxygen atoms in total. The number of hydrogen-bond donors (Lipinski definition) is 3. The van der Waals surface area contributed by atoms with Gasteiger partial charge in [0.1, 0.15) is 5.69 Å². The fraction of sp³-hybridized carbons (Fsp3) is 0.154. The van der Waals surface area contributed by atoms with Crippen LogP contribution in [0.25, 0.3) is 10.9 Å². The Morgan fingerprint density at radius 1 is 1.03 bits per heavy atom. The summed E-state index contributed by atoms with van der Waals surface area (Å²) in [4.78, 5) is 24.7. The first kappa shape index (κ1) is 20.1. The summed E-state index contributed by atoms with van der Waals surface area (Å²) >= 11 is 0. The number of amides is 1. The van der Waals surface area contributed by atoms with E-state index in [1.54, 1.807) is 25.1 Å². The summed E-state index contributed by atoms with van der Waals surface area (Å²) in [6.07, 6.45) is -4.60. The van der Waals surface area contributed by atoms with E-state index in [4.69, 9.17) is 9.22 Å². The Balaban J connectivity index is 1.80. The van der Waals surface area contributed by atoms with Crippen molar-refractivity contribution < 1.29 is 32.0 Å². The number of nitrogens with zero attached hydrogens (tertiary/aromatic N) is 1. The number of fused-ring (bicyclic) bond motifs is 1. The summed E-state index contributed by atoms with van der Waals surface area (Å²) in [7, 11) is 0. The van der Waals surface area contributed by atoms with Crippen LogP contribution in [-0.4, -0.2) is 21.6 Å². The number of carbonyl (C=O) groups excluding carboxylic acids is 1. The van der Waals surface area contributed by atoms with E-state index in [0.29, 0.717) is 10.9 Å². The van der Waals surface area contributed by atoms with Crippen LogP contribution in [0.5, 0.6) is 0 Å². The van der Waals surface area contributed by atoms with Gasteiger partial charge >= 0.3 is 12.1 Å². The average Bonchev–Trinajstić information content (AvgIpc) is 3.18. The number of halogens is 3. The number of rotatable bonds is 6. The van der Waals surface area contributed by atoms with E-state index in [9.17, 15) is 22.8 Å². The molecule has 9 heteroatoms. The van der Waals surface area contributed by atoms with Gasteiger partial charge in [-0.2, -0.15) is 13.2 Å². The number of hydrogen-bond acceptors (Lipinski definition) is 3. The number of aromatic carboxylic acids is 1. The maximum absolute atomic E-state index is 13.6. The fourth-order valence-electron chi connectivity index (χ4n) is 3.76. The summed E-state index contributed by atoms with van der Waals surface area (Å²) in [5.74, 6) is -1.90. The zero-order valence-corrected chi connectivity index (χ0v) is 18.4.